The Bertz CT molecular complexity index is 195. The summed E-state index contributed by atoms with van der Waals surface area (Å²) in [4.78, 5) is 0. The highest BCUT2D eigenvalue weighted by Crippen LogP contribution is 2.39. The van der Waals surface area contributed by atoms with Gasteiger partial charge in [-0.25, -0.2) is 0 Å². The number of hydrogen-bond donors (Lipinski definition) is 1. The molecule has 5 atom stereocenters. The lowest BCUT2D eigenvalue weighted by atomic mass is 9.80. The minimum atomic E-state index is 0.795. The van der Waals surface area contributed by atoms with E-state index in [1.54, 1.807) is 0 Å². The van der Waals surface area contributed by atoms with Gasteiger partial charge >= 0.3 is 0 Å². The van der Waals surface area contributed by atoms with Crippen LogP contribution in [0.15, 0.2) is 0 Å². The molecule has 14 heavy (non-hydrogen) atoms. The molecule has 82 valence electrons. The zero-order valence-electron chi connectivity index (χ0n) is 9.62. The summed E-state index contributed by atoms with van der Waals surface area (Å²) < 4.78 is 0. The van der Waals surface area contributed by atoms with E-state index in [-0.39, 0.29) is 0 Å². The van der Waals surface area contributed by atoms with Crippen LogP contribution >= 0.6 is 11.8 Å². The summed E-state index contributed by atoms with van der Waals surface area (Å²) in [6.45, 7) is 8.47. The molecule has 5 unspecified atom stereocenters. The SMILES string of the molecule is CC1CC(C)C2SC(C)CCNC2C1. The number of nitrogens with one attached hydrogen (secondary N) is 1. The fraction of sp³-hybridized carbons (Fsp3) is 1.00. The first-order chi connectivity index (χ1) is 6.66. The third-order valence-electron chi connectivity index (χ3n) is 3.73. The fourth-order valence-electron chi connectivity index (χ4n) is 3.07. The molecule has 2 fully saturated rings. The number of rotatable bonds is 0. The monoisotopic (exact) mass is 213 g/mol. The van der Waals surface area contributed by atoms with Crippen molar-refractivity contribution in [2.24, 2.45) is 11.8 Å². The second-order valence-electron chi connectivity index (χ2n) is 5.31. The van der Waals surface area contributed by atoms with Crippen molar-refractivity contribution in [2.75, 3.05) is 6.54 Å². The zero-order chi connectivity index (χ0) is 10.1. The largest absolute Gasteiger partial charge is 0.313 e. The van der Waals surface area contributed by atoms with Gasteiger partial charge in [0.1, 0.15) is 0 Å². The van der Waals surface area contributed by atoms with Crippen molar-refractivity contribution >= 4 is 11.8 Å². The standard InChI is InChI=1S/C12H23NS/c1-8-6-9(2)12-11(7-8)13-5-4-10(3)14-12/h8-13H,4-7H2,1-3H3. The van der Waals surface area contributed by atoms with Crippen LogP contribution in [0.25, 0.3) is 0 Å². The smallest absolute Gasteiger partial charge is 0.0229 e. The van der Waals surface area contributed by atoms with Gasteiger partial charge in [-0.3, -0.25) is 0 Å². The molecule has 2 aliphatic rings. The third kappa shape index (κ3) is 2.27. The first-order valence-electron chi connectivity index (χ1n) is 6.05. The van der Waals surface area contributed by atoms with E-state index in [0.29, 0.717) is 0 Å². The van der Waals surface area contributed by atoms with Gasteiger partial charge in [-0.2, -0.15) is 11.8 Å². The molecule has 0 amide bonds. The van der Waals surface area contributed by atoms with Gasteiger partial charge in [-0.1, -0.05) is 20.8 Å². The molecule has 2 heteroatoms. The first-order valence-corrected chi connectivity index (χ1v) is 7.00. The molecule has 1 saturated carbocycles. The van der Waals surface area contributed by atoms with Gasteiger partial charge in [0.2, 0.25) is 0 Å². The van der Waals surface area contributed by atoms with Crippen molar-refractivity contribution in [1.29, 1.82) is 0 Å². The molecule has 0 aromatic heterocycles. The Balaban J connectivity index is 2.05. The Morgan fingerprint density at radius 3 is 2.71 bits per heavy atom. The fourth-order valence-corrected chi connectivity index (χ4v) is 4.63. The van der Waals surface area contributed by atoms with Crippen LogP contribution in [-0.2, 0) is 0 Å². The van der Waals surface area contributed by atoms with Crippen LogP contribution in [0.5, 0.6) is 0 Å². The maximum Gasteiger partial charge on any atom is 0.0229 e. The molecule has 0 aromatic carbocycles. The van der Waals surface area contributed by atoms with Gasteiger partial charge in [0.05, 0.1) is 0 Å². The molecule has 2 rings (SSSR count). The predicted molar refractivity (Wildman–Crippen MR) is 64.8 cm³/mol. The lowest BCUT2D eigenvalue weighted by molar-refractivity contribution is 0.252. The van der Waals surface area contributed by atoms with Gasteiger partial charge in [-0.15, -0.1) is 0 Å². The molecule has 1 saturated heterocycles. The topological polar surface area (TPSA) is 12.0 Å². The van der Waals surface area contributed by atoms with Crippen molar-refractivity contribution in [3.05, 3.63) is 0 Å². The van der Waals surface area contributed by atoms with Crippen LogP contribution in [0.2, 0.25) is 0 Å². The molecule has 1 nitrogen and oxygen atoms in total. The Hall–Kier alpha value is 0.310. The molecule has 1 aliphatic carbocycles. The third-order valence-corrected chi connectivity index (χ3v) is 5.54. The van der Waals surface area contributed by atoms with Gasteiger partial charge in [0.25, 0.3) is 0 Å². The van der Waals surface area contributed by atoms with Crippen LogP contribution < -0.4 is 5.32 Å². The minimum absolute atomic E-state index is 0.795. The minimum Gasteiger partial charge on any atom is -0.313 e. The summed E-state index contributed by atoms with van der Waals surface area (Å²) in [5.41, 5.74) is 0. The molecule has 1 heterocycles. The lowest BCUT2D eigenvalue weighted by Gasteiger charge is -2.39. The van der Waals surface area contributed by atoms with Gasteiger partial charge in [-0.05, 0) is 37.6 Å². The van der Waals surface area contributed by atoms with Crippen LogP contribution in [0.4, 0.5) is 0 Å². The first kappa shape index (κ1) is 10.8. The molecule has 0 aromatic rings. The molecular formula is C12H23NS. The predicted octanol–water partition coefficient (Wildman–Crippen LogP) is 2.90. The zero-order valence-corrected chi connectivity index (χ0v) is 10.4. The number of fused-ring (bicyclic) bond motifs is 1. The Morgan fingerprint density at radius 1 is 1.14 bits per heavy atom. The summed E-state index contributed by atoms with van der Waals surface area (Å²) in [7, 11) is 0. The molecule has 1 N–H and O–H groups in total. The van der Waals surface area contributed by atoms with E-state index in [1.165, 1.54) is 25.8 Å². The van der Waals surface area contributed by atoms with E-state index >= 15 is 0 Å². The van der Waals surface area contributed by atoms with Crippen LogP contribution in [-0.4, -0.2) is 23.1 Å². The van der Waals surface area contributed by atoms with Crippen LogP contribution in [0, 0.1) is 11.8 Å². The second-order valence-corrected chi connectivity index (χ2v) is 6.94. The maximum absolute atomic E-state index is 3.75. The van der Waals surface area contributed by atoms with Crippen molar-refractivity contribution in [3.63, 3.8) is 0 Å². The Labute approximate surface area is 92.4 Å². The summed E-state index contributed by atoms with van der Waals surface area (Å²) in [5.74, 6) is 1.83. The van der Waals surface area contributed by atoms with Gasteiger partial charge in [0.15, 0.2) is 0 Å². The van der Waals surface area contributed by atoms with E-state index in [4.69, 9.17) is 0 Å². The Morgan fingerprint density at radius 2 is 1.93 bits per heavy atom. The van der Waals surface area contributed by atoms with Crippen LogP contribution in [0.1, 0.15) is 40.0 Å². The van der Waals surface area contributed by atoms with E-state index < -0.39 is 0 Å². The highest BCUT2D eigenvalue weighted by atomic mass is 32.2. The molecule has 0 bridgehead atoms. The molecule has 1 aliphatic heterocycles. The molecular weight excluding hydrogens is 190 g/mol. The summed E-state index contributed by atoms with van der Waals surface area (Å²) >= 11 is 2.24. The summed E-state index contributed by atoms with van der Waals surface area (Å²) in [5, 5.41) is 5.49. The van der Waals surface area contributed by atoms with Crippen molar-refractivity contribution in [2.45, 2.75) is 56.6 Å². The van der Waals surface area contributed by atoms with Gasteiger partial charge in [0, 0.05) is 16.5 Å². The maximum atomic E-state index is 3.75. The lowest BCUT2D eigenvalue weighted by Crippen LogP contribution is -2.45. The second kappa shape index (κ2) is 4.44. The van der Waals surface area contributed by atoms with E-state index in [9.17, 15) is 0 Å². The van der Waals surface area contributed by atoms with Crippen molar-refractivity contribution in [1.82, 2.24) is 5.32 Å². The number of hydrogen-bond acceptors (Lipinski definition) is 2. The van der Waals surface area contributed by atoms with Crippen molar-refractivity contribution in [3.8, 4) is 0 Å². The van der Waals surface area contributed by atoms with E-state index in [1.807, 2.05) is 0 Å². The van der Waals surface area contributed by atoms with Crippen LogP contribution in [0.3, 0.4) is 0 Å². The average molecular weight is 213 g/mol. The van der Waals surface area contributed by atoms with Gasteiger partial charge < -0.3 is 5.32 Å². The quantitative estimate of drug-likeness (QED) is 0.664. The average Bonchev–Trinajstić information content (AvgIpc) is 2.27. The summed E-state index contributed by atoms with van der Waals surface area (Å²) in [6, 6.07) is 0.795. The number of thioether (sulfide) groups is 1. The van der Waals surface area contributed by atoms with E-state index in [0.717, 1.165) is 28.4 Å². The Kier molecular flexibility index (Phi) is 3.43. The molecule has 0 radical (unpaired) electrons. The molecule has 0 spiro atoms. The normalized spacial score (nSPS) is 49.5. The summed E-state index contributed by atoms with van der Waals surface area (Å²) in [6.07, 6.45) is 4.18. The highest BCUT2D eigenvalue weighted by Gasteiger charge is 2.36. The highest BCUT2D eigenvalue weighted by molar-refractivity contribution is 8.00. The van der Waals surface area contributed by atoms with E-state index in [2.05, 4.69) is 37.8 Å². The van der Waals surface area contributed by atoms with Crippen molar-refractivity contribution < 1.29 is 0 Å².